The first-order valence-corrected chi connectivity index (χ1v) is 14.7. The summed E-state index contributed by atoms with van der Waals surface area (Å²) >= 11 is 0. The zero-order chi connectivity index (χ0) is 26.0. The molecule has 2 saturated carbocycles. The van der Waals surface area contributed by atoms with E-state index in [0.29, 0.717) is 35.1 Å². The third kappa shape index (κ3) is 6.10. The van der Waals surface area contributed by atoms with Crippen LogP contribution >= 0.6 is 0 Å². The molecule has 0 N–H and O–H groups in total. The summed E-state index contributed by atoms with van der Waals surface area (Å²) in [7, 11) is 0. The Bertz CT molecular complexity index is 1120. The van der Waals surface area contributed by atoms with Gasteiger partial charge in [0, 0.05) is 5.56 Å². The van der Waals surface area contributed by atoms with E-state index in [1.54, 1.807) is 18.2 Å². The quantitative estimate of drug-likeness (QED) is 0.326. The van der Waals surface area contributed by atoms with Crippen LogP contribution in [0.4, 0.5) is 8.78 Å². The van der Waals surface area contributed by atoms with Crippen molar-refractivity contribution in [3.8, 4) is 11.1 Å². The number of aliphatic imine (C=N–C) groups is 1. The lowest BCUT2D eigenvalue weighted by Gasteiger charge is -2.42. The molecule has 200 valence electrons. The van der Waals surface area contributed by atoms with Crippen molar-refractivity contribution >= 4 is 5.90 Å². The van der Waals surface area contributed by atoms with Crippen LogP contribution in [-0.4, -0.2) is 18.0 Å². The summed E-state index contributed by atoms with van der Waals surface area (Å²) in [6.07, 6.45) is 14.7. The van der Waals surface area contributed by atoms with Crippen molar-refractivity contribution in [2.24, 2.45) is 22.7 Å². The maximum Gasteiger partial charge on any atom is 0.219 e. The Morgan fingerprint density at radius 3 is 2.35 bits per heavy atom. The molecule has 1 unspecified atom stereocenters. The number of hydrogen-bond donors (Lipinski definition) is 0. The highest BCUT2D eigenvalue weighted by atomic mass is 19.1. The van der Waals surface area contributed by atoms with Crippen LogP contribution in [0.1, 0.15) is 108 Å². The lowest BCUT2D eigenvalue weighted by Crippen LogP contribution is -2.30. The second kappa shape index (κ2) is 11.3. The van der Waals surface area contributed by atoms with Crippen LogP contribution in [0, 0.1) is 29.4 Å². The summed E-state index contributed by atoms with van der Waals surface area (Å²) in [5.74, 6) is 2.65. The van der Waals surface area contributed by atoms with Crippen LogP contribution in [0.15, 0.2) is 41.4 Å². The van der Waals surface area contributed by atoms with Crippen LogP contribution in [0.5, 0.6) is 0 Å². The predicted molar refractivity (Wildman–Crippen MR) is 148 cm³/mol. The molecule has 0 radical (unpaired) electrons. The summed E-state index contributed by atoms with van der Waals surface area (Å²) in [5, 5.41) is 0. The van der Waals surface area contributed by atoms with E-state index in [1.165, 1.54) is 70.3 Å². The predicted octanol–water partition coefficient (Wildman–Crippen LogP) is 9.46. The molecule has 2 fully saturated rings. The molecule has 37 heavy (non-hydrogen) atoms. The molecule has 2 aromatic carbocycles. The van der Waals surface area contributed by atoms with E-state index >= 15 is 4.39 Å². The summed E-state index contributed by atoms with van der Waals surface area (Å²) in [6.45, 7) is 6.62. The van der Waals surface area contributed by atoms with Gasteiger partial charge in [-0.2, -0.15) is 0 Å². The molecule has 0 spiro atoms. The normalized spacial score (nSPS) is 26.9. The Labute approximate surface area is 221 Å². The van der Waals surface area contributed by atoms with E-state index in [0.717, 1.165) is 29.7 Å². The number of hydrogen-bond acceptors (Lipinski definition) is 2. The highest BCUT2D eigenvalue weighted by Crippen LogP contribution is 2.48. The number of halogens is 2. The van der Waals surface area contributed by atoms with E-state index in [4.69, 9.17) is 4.74 Å². The summed E-state index contributed by atoms with van der Waals surface area (Å²) < 4.78 is 35.9. The van der Waals surface area contributed by atoms with Gasteiger partial charge in [0.15, 0.2) is 0 Å². The number of fused-ring (bicyclic) bond motifs is 1. The Morgan fingerprint density at radius 2 is 1.62 bits per heavy atom. The first-order chi connectivity index (χ1) is 17.8. The number of benzene rings is 2. The van der Waals surface area contributed by atoms with Crippen molar-refractivity contribution in [3.63, 3.8) is 0 Å². The van der Waals surface area contributed by atoms with Gasteiger partial charge >= 0.3 is 0 Å². The summed E-state index contributed by atoms with van der Waals surface area (Å²) in [4.78, 5) is 4.47. The molecule has 5 rings (SSSR count). The minimum atomic E-state index is -0.434. The molecule has 3 aliphatic rings. The standard InChI is InChI=1S/C33H43F2NO/c1-4-5-6-7-8-22-9-10-24-18-25(12-11-23(24)17-22)26-13-15-28(30(34)19-26)27-14-16-29(31(35)20-27)32-36-33(2,3)21-37-32/h13-16,19-20,22-25H,4-12,17-18,21H2,1-3H3/t22?,23-,24-,25-/m1/s1. The largest absolute Gasteiger partial charge is 0.475 e. The monoisotopic (exact) mass is 507 g/mol. The van der Waals surface area contributed by atoms with Gasteiger partial charge in [-0.3, -0.25) is 0 Å². The smallest absolute Gasteiger partial charge is 0.219 e. The number of nitrogens with zero attached hydrogens (tertiary/aromatic N) is 1. The highest BCUT2D eigenvalue weighted by molar-refractivity contribution is 5.96. The molecule has 0 bridgehead atoms. The molecule has 2 aromatic rings. The summed E-state index contributed by atoms with van der Waals surface area (Å²) in [6, 6.07) is 10.4. The molecule has 0 aromatic heterocycles. The fraction of sp³-hybridized carbons (Fsp3) is 0.606. The molecule has 0 amide bonds. The van der Waals surface area contributed by atoms with Crippen molar-refractivity contribution in [2.45, 2.75) is 103 Å². The second-order valence-electron chi connectivity index (χ2n) is 12.5. The molecule has 1 heterocycles. The molecule has 2 nitrogen and oxygen atoms in total. The molecular formula is C33H43F2NO. The van der Waals surface area contributed by atoms with Crippen molar-refractivity contribution in [1.82, 2.24) is 0 Å². The Kier molecular flexibility index (Phi) is 8.02. The van der Waals surface area contributed by atoms with Gasteiger partial charge in [0.2, 0.25) is 5.90 Å². The minimum absolute atomic E-state index is 0.266. The fourth-order valence-corrected chi connectivity index (χ4v) is 7.01. The van der Waals surface area contributed by atoms with Crippen LogP contribution in [0.3, 0.4) is 0 Å². The lowest BCUT2D eigenvalue weighted by atomic mass is 9.63. The maximum absolute atomic E-state index is 15.3. The molecular weight excluding hydrogens is 464 g/mol. The topological polar surface area (TPSA) is 21.6 Å². The van der Waals surface area contributed by atoms with Gasteiger partial charge in [0.25, 0.3) is 0 Å². The number of ether oxygens (including phenoxy) is 1. The van der Waals surface area contributed by atoms with Crippen molar-refractivity contribution in [3.05, 3.63) is 59.2 Å². The molecule has 1 aliphatic heterocycles. The van der Waals surface area contributed by atoms with E-state index in [-0.39, 0.29) is 11.4 Å². The average Bonchev–Trinajstić information content (AvgIpc) is 3.25. The molecule has 4 heteroatoms. The van der Waals surface area contributed by atoms with Gasteiger partial charge in [-0.25, -0.2) is 13.8 Å². The van der Waals surface area contributed by atoms with Crippen molar-refractivity contribution in [1.29, 1.82) is 0 Å². The van der Waals surface area contributed by atoms with Gasteiger partial charge in [-0.05, 0) is 98.9 Å². The van der Waals surface area contributed by atoms with E-state index in [9.17, 15) is 4.39 Å². The van der Waals surface area contributed by atoms with Crippen LogP contribution in [-0.2, 0) is 4.74 Å². The van der Waals surface area contributed by atoms with E-state index < -0.39 is 5.82 Å². The highest BCUT2D eigenvalue weighted by Gasteiger charge is 2.36. The Balaban J connectivity index is 1.22. The lowest BCUT2D eigenvalue weighted by molar-refractivity contribution is 0.113. The fourth-order valence-electron chi connectivity index (χ4n) is 7.01. The molecule has 0 saturated heterocycles. The first kappa shape index (κ1) is 26.4. The first-order valence-electron chi connectivity index (χ1n) is 14.7. The van der Waals surface area contributed by atoms with Gasteiger partial charge in [0.05, 0.1) is 11.1 Å². The van der Waals surface area contributed by atoms with Gasteiger partial charge in [0.1, 0.15) is 18.2 Å². The SMILES string of the molecule is CCCCCCC1CC[C@@H]2C[C@H](c3ccc(-c4ccc(C5=NC(C)(C)CO5)c(F)c4)c(F)c3)CC[C@@H]2C1. The average molecular weight is 508 g/mol. The second-order valence-corrected chi connectivity index (χ2v) is 12.5. The maximum atomic E-state index is 15.3. The van der Waals surface area contributed by atoms with Gasteiger partial charge < -0.3 is 4.74 Å². The van der Waals surface area contributed by atoms with Crippen LogP contribution < -0.4 is 0 Å². The van der Waals surface area contributed by atoms with Gasteiger partial charge in [-0.15, -0.1) is 0 Å². The van der Waals surface area contributed by atoms with Crippen molar-refractivity contribution in [2.75, 3.05) is 6.61 Å². The zero-order valence-electron chi connectivity index (χ0n) is 22.9. The summed E-state index contributed by atoms with van der Waals surface area (Å²) in [5.41, 5.74) is 2.08. The molecule has 2 aliphatic carbocycles. The minimum Gasteiger partial charge on any atom is -0.475 e. The van der Waals surface area contributed by atoms with Crippen LogP contribution in [0.2, 0.25) is 0 Å². The molecule has 4 atom stereocenters. The van der Waals surface area contributed by atoms with E-state index in [2.05, 4.69) is 18.0 Å². The zero-order valence-corrected chi connectivity index (χ0v) is 22.9. The number of unbranched alkanes of at least 4 members (excludes halogenated alkanes) is 3. The van der Waals surface area contributed by atoms with Crippen molar-refractivity contribution < 1.29 is 13.5 Å². The number of rotatable bonds is 8. The Morgan fingerprint density at radius 1 is 0.865 bits per heavy atom. The third-order valence-corrected chi connectivity index (χ3v) is 9.13. The van der Waals surface area contributed by atoms with Gasteiger partial charge in [-0.1, -0.05) is 63.6 Å². The Hall–Kier alpha value is -2.23. The van der Waals surface area contributed by atoms with Crippen LogP contribution in [0.25, 0.3) is 11.1 Å². The van der Waals surface area contributed by atoms with E-state index in [1.807, 2.05) is 19.9 Å². The third-order valence-electron chi connectivity index (χ3n) is 9.13.